The van der Waals surface area contributed by atoms with Crippen LogP contribution in [0.15, 0.2) is 36.4 Å². The Balaban J connectivity index is 2.32. The zero-order valence-corrected chi connectivity index (χ0v) is 20.1. The molecular formula is C28H38N+. The van der Waals surface area contributed by atoms with Crippen molar-refractivity contribution in [2.45, 2.75) is 74.1 Å². The summed E-state index contributed by atoms with van der Waals surface area (Å²) in [4.78, 5) is 0. The van der Waals surface area contributed by atoms with Crippen LogP contribution in [0.2, 0.25) is 0 Å². The molecular weight excluding hydrogens is 350 g/mol. The van der Waals surface area contributed by atoms with Crippen LogP contribution >= 0.6 is 0 Å². The maximum Gasteiger partial charge on any atom is 0.220 e. The van der Waals surface area contributed by atoms with Gasteiger partial charge in [0.2, 0.25) is 5.69 Å². The first-order valence-electron chi connectivity index (χ1n) is 10.8. The topological polar surface area (TPSA) is 3.88 Å². The average molecular weight is 389 g/mol. The van der Waals surface area contributed by atoms with Crippen molar-refractivity contribution in [1.82, 2.24) is 0 Å². The normalized spacial score (nSPS) is 12.6. The van der Waals surface area contributed by atoms with E-state index in [1.807, 2.05) is 0 Å². The van der Waals surface area contributed by atoms with Gasteiger partial charge in [0.15, 0.2) is 5.69 Å². The molecule has 0 spiro atoms. The van der Waals surface area contributed by atoms with Crippen LogP contribution in [0.25, 0.3) is 22.0 Å². The summed E-state index contributed by atoms with van der Waals surface area (Å²) in [6.07, 6.45) is 1.09. The molecule has 3 aromatic rings. The molecule has 1 aromatic heterocycles. The van der Waals surface area contributed by atoms with Crippen molar-refractivity contribution in [3.8, 4) is 11.3 Å². The van der Waals surface area contributed by atoms with E-state index in [0.29, 0.717) is 5.41 Å². The molecule has 1 heteroatoms. The molecule has 0 unspecified atom stereocenters. The summed E-state index contributed by atoms with van der Waals surface area (Å²) in [6, 6.07) is 14.2. The highest BCUT2D eigenvalue weighted by atomic mass is 14.9. The lowest BCUT2D eigenvalue weighted by atomic mass is 9.82. The van der Waals surface area contributed by atoms with Gasteiger partial charge in [0.1, 0.15) is 7.05 Å². The molecule has 0 radical (unpaired) electrons. The molecule has 0 atom stereocenters. The Hall–Kier alpha value is -2.15. The predicted molar refractivity (Wildman–Crippen MR) is 127 cm³/mol. The van der Waals surface area contributed by atoms with E-state index in [1.165, 1.54) is 50.0 Å². The second-order valence-corrected chi connectivity index (χ2v) is 11.1. The van der Waals surface area contributed by atoms with Gasteiger partial charge in [-0.15, -0.1) is 0 Å². The zero-order chi connectivity index (χ0) is 21.7. The van der Waals surface area contributed by atoms with E-state index in [0.717, 1.165) is 6.42 Å². The summed E-state index contributed by atoms with van der Waals surface area (Å²) in [5.74, 6) is 0. The Bertz CT molecular complexity index is 1070. The van der Waals surface area contributed by atoms with Crippen LogP contribution in [0.5, 0.6) is 0 Å². The lowest BCUT2D eigenvalue weighted by Crippen LogP contribution is -2.35. The first kappa shape index (κ1) is 21.6. The Labute approximate surface area is 177 Å². The van der Waals surface area contributed by atoms with Crippen LogP contribution in [0.1, 0.15) is 69.5 Å². The highest BCUT2D eigenvalue weighted by Gasteiger charge is 2.24. The van der Waals surface area contributed by atoms with Gasteiger partial charge in [-0.3, -0.25) is 0 Å². The van der Waals surface area contributed by atoms with Gasteiger partial charge < -0.3 is 0 Å². The van der Waals surface area contributed by atoms with E-state index in [9.17, 15) is 0 Å². The van der Waals surface area contributed by atoms with Gasteiger partial charge in [0.25, 0.3) is 0 Å². The predicted octanol–water partition coefficient (Wildman–Crippen LogP) is 7.14. The second-order valence-electron chi connectivity index (χ2n) is 11.1. The minimum absolute atomic E-state index is 0.130. The minimum Gasteiger partial charge on any atom is -0.198 e. The van der Waals surface area contributed by atoms with Crippen LogP contribution < -0.4 is 4.57 Å². The summed E-state index contributed by atoms with van der Waals surface area (Å²) in [7, 11) is 2.20. The Morgan fingerprint density at radius 2 is 1.48 bits per heavy atom. The molecule has 2 aromatic carbocycles. The van der Waals surface area contributed by atoms with Crippen molar-refractivity contribution in [3.63, 3.8) is 0 Å². The zero-order valence-electron chi connectivity index (χ0n) is 20.1. The molecule has 154 valence electrons. The highest BCUT2D eigenvalue weighted by molar-refractivity contribution is 5.94. The van der Waals surface area contributed by atoms with Crippen molar-refractivity contribution < 1.29 is 4.57 Å². The van der Waals surface area contributed by atoms with Crippen molar-refractivity contribution in [3.05, 3.63) is 64.3 Å². The van der Waals surface area contributed by atoms with Crippen LogP contribution in [0.3, 0.4) is 0 Å². The van der Waals surface area contributed by atoms with E-state index >= 15 is 0 Å². The third-order valence-corrected chi connectivity index (χ3v) is 6.12. The first-order valence-corrected chi connectivity index (χ1v) is 10.8. The van der Waals surface area contributed by atoms with E-state index in [2.05, 4.69) is 110 Å². The molecule has 1 nitrogen and oxygen atoms in total. The van der Waals surface area contributed by atoms with E-state index in [4.69, 9.17) is 0 Å². The fourth-order valence-electron chi connectivity index (χ4n) is 4.21. The van der Waals surface area contributed by atoms with Crippen molar-refractivity contribution in [1.29, 1.82) is 0 Å². The van der Waals surface area contributed by atoms with Crippen molar-refractivity contribution in [2.75, 3.05) is 0 Å². The van der Waals surface area contributed by atoms with Gasteiger partial charge in [0, 0.05) is 13.0 Å². The standard InChI is InChI=1S/C28H38N/c1-18-13-23(28(7,8)9)16-25(20(18)3)26-24-12-11-21(17-27(4,5)6)15-22(24)14-19(2)29(26)10/h11-16H,17H2,1-10H3/q+1. The third kappa shape index (κ3) is 4.39. The molecule has 0 amide bonds. The third-order valence-electron chi connectivity index (χ3n) is 6.12. The number of rotatable bonds is 2. The molecule has 3 rings (SSSR count). The summed E-state index contributed by atoms with van der Waals surface area (Å²) in [6.45, 7) is 20.5. The second kappa shape index (κ2) is 7.27. The van der Waals surface area contributed by atoms with Crippen molar-refractivity contribution in [2.24, 2.45) is 12.5 Å². The fraction of sp³-hybridized carbons (Fsp3) is 0.464. The van der Waals surface area contributed by atoms with E-state index < -0.39 is 0 Å². The molecule has 1 heterocycles. The van der Waals surface area contributed by atoms with E-state index in [-0.39, 0.29) is 5.41 Å². The number of hydrogen-bond donors (Lipinski definition) is 0. The molecule has 0 aliphatic rings. The summed E-state index contributed by atoms with van der Waals surface area (Å²) in [5, 5.41) is 2.68. The quantitative estimate of drug-likeness (QED) is 0.411. The largest absolute Gasteiger partial charge is 0.220 e. The number of aryl methyl sites for hydroxylation is 2. The number of benzene rings is 2. The number of pyridine rings is 1. The molecule has 0 fully saturated rings. The lowest BCUT2D eigenvalue weighted by molar-refractivity contribution is -0.665. The van der Waals surface area contributed by atoms with Crippen LogP contribution in [-0.2, 0) is 18.9 Å². The molecule has 0 saturated carbocycles. The SMILES string of the molecule is Cc1cc(C(C)(C)C)cc(-c2c3ccc(CC(C)(C)C)cc3cc(C)[n+]2C)c1C. The first-order chi connectivity index (χ1) is 13.3. The maximum absolute atomic E-state index is 2.42. The number of fused-ring (bicyclic) bond motifs is 1. The fourth-order valence-corrected chi connectivity index (χ4v) is 4.21. The molecule has 0 aliphatic carbocycles. The summed E-state index contributed by atoms with van der Waals surface area (Å²) < 4.78 is 2.36. The van der Waals surface area contributed by atoms with Crippen LogP contribution in [0.4, 0.5) is 0 Å². The monoisotopic (exact) mass is 388 g/mol. The van der Waals surface area contributed by atoms with Gasteiger partial charge >= 0.3 is 0 Å². The minimum atomic E-state index is 0.130. The van der Waals surface area contributed by atoms with E-state index in [1.54, 1.807) is 0 Å². The van der Waals surface area contributed by atoms with Crippen molar-refractivity contribution >= 4 is 10.8 Å². The molecule has 0 N–H and O–H groups in total. The lowest BCUT2D eigenvalue weighted by Gasteiger charge is -2.22. The number of nitrogens with zero attached hydrogens (tertiary/aromatic N) is 1. The average Bonchev–Trinajstić information content (AvgIpc) is 2.56. The Morgan fingerprint density at radius 3 is 2.07 bits per heavy atom. The van der Waals surface area contributed by atoms with Gasteiger partial charge in [-0.2, -0.15) is 4.57 Å². The molecule has 0 aliphatic heterocycles. The smallest absolute Gasteiger partial charge is 0.198 e. The molecule has 29 heavy (non-hydrogen) atoms. The molecule has 0 saturated heterocycles. The maximum atomic E-state index is 2.42. The van der Waals surface area contributed by atoms with Gasteiger partial charge in [-0.05, 0) is 70.9 Å². The van der Waals surface area contributed by atoms with Gasteiger partial charge in [-0.25, -0.2) is 0 Å². The summed E-state index contributed by atoms with van der Waals surface area (Å²) in [5.41, 5.74) is 9.95. The molecule has 0 bridgehead atoms. The van der Waals surface area contributed by atoms with Gasteiger partial charge in [-0.1, -0.05) is 59.7 Å². The van der Waals surface area contributed by atoms with Crippen LogP contribution in [0, 0.1) is 26.2 Å². The number of hydrogen-bond acceptors (Lipinski definition) is 0. The summed E-state index contributed by atoms with van der Waals surface area (Å²) >= 11 is 0. The van der Waals surface area contributed by atoms with Crippen LogP contribution in [-0.4, -0.2) is 0 Å². The van der Waals surface area contributed by atoms with Gasteiger partial charge in [0.05, 0.1) is 10.9 Å². The number of aromatic nitrogens is 1. The Morgan fingerprint density at radius 1 is 0.828 bits per heavy atom. The Kier molecular flexibility index (Phi) is 5.41. The highest BCUT2D eigenvalue weighted by Crippen LogP contribution is 2.35.